The number of nitrogens with zero attached hydrogens (tertiary/aromatic N) is 1. The van der Waals surface area contributed by atoms with E-state index in [9.17, 15) is 0 Å². The first kappa shape index (κ1) is 18.1. The minimum atomic E-state index is 0.334. The van der Waals surface area contributed by atoms with Gasteiger partial charge in [-0.2, -0.15) is 0 Å². The maximum Gasteiger partial charge on any atom is 0.138 e. The molecule has 1 fully saturated rings. The molecule has 2 aromatic carbocycles. The average molecular weight is 383 g/mol. The summed E-state index contributed by atoms with van der Waals surface area (Å²) in [5.74, 6) is 0. The smallest absolute Gasteiger partial charge is 0.138 e. The summed E-state index contributed by atoms with van der Waals surface area (Å²) in [5.41, 5.74) is 5.87. The predicted octanol–water partition coefficient (Wildman–Crippen LogP) is 5.08. The lowest BCUT2D eigenvalue weighted by molar-refractivity contribution is 0.304. The summed E-state index contributed by atoms with van der Waals surface area (Å²) in [7, 11) is 0. The highest BCUT2D eigenvalue weighted by Gasteiger charge is 2.25. The van der Waals surface area contributed by atoms with E-state index in [0.29, 0.717) is 12.1 Å². The molecule has 2 aromatic heterocycles. The molecule has 2 atom stereocenters. The van der Waals surface area contributed by atoms with Crippen LogP contribution in [0.2, 0.25) is 0 Å². The summed E-state index contributed by atoms with van der Waals surface area (Å²) in [5, 5.41) is 8.65. The van der Waals surface area contributed by atoms with Crippen molar-refractivity contribution in [3.8, 4) is 11.1 Å². The lowest BCUT2D eigenvalue weighted by atomic mass is 9.92. The molecular weight excluding hydrogens is 358 g/mol. The van der Waals surface area contributed by atoms with Crippen LogP contribution in [0.4, 0.5) is 0 Å². The molecule has 0 aliphatic carbocycles. The Morgan fingerprint density at radius 2 is 1.86 bits per heavy atom. The fourth-order valence-electron chi connectivity index (χ4n) is 4.36. The lowest BCUT2D eigenvalue weighted by Gasteiger charge is -2.34. The molecule has 146 valence electrons. The predicted molar refractivity (Wildman–Crippen MR) is 116 cm³/mol. The first-order valence-corrected chi connectivity index (χ1v) is 10.3. The molecule has 2 N–H and O–H groups in total. The number of hydrogen-bond donors (Lipinski definition) is 2. The number of fused-ring (bicyclic) bond motifs is 1. The zero-order chi connectivity index (χ0) is 19.5. The molecule has 4 heteroatoms. The van der Waals surface area contributed by atoms with Crippen molar-refractivity contribution in [2.75, 3.05) is 6.54 Å². The van der Waals surface area contributed by atoms with Crippen molar-refractivity contribution >= 4 is 11.0 Å². The van der Waals surface area contributed by atoms with Crippen LogP contribution >= 0.6 is 0 Å². The van der Waals surface area contributed by atoms with Gasteiger partial charge in [0.2, 0.25) is 0 Å². The summed E-state index contributed by atoms with van der Waals surface area (Å²) < 4.78 is 5.82. The standard InChI is InChI=1S/C25H25N3O/c1-2-5-19(6-3-1)24-23(7-4-11-27-24)28-17-22-16-21(18-8-12-26-13-9-18)15-20-10-14-29-25(20)22/h1-3,5-6,8-10,12-16,23-24,27-28H,4,7,11,17H2/t23-,24-/m0/s1. The van der Waals surface area contributed by atoms with Crippen LogP contribution in [-0.4, -0.2) is 17.6 Å². The Kier molecular flexibility index (Phi) is 5.11. The maximum atomic E-state index is 5.82. The van der Waals surface area contributed by atoms with E-state index >= 15 is 0 Å². The van der Waals surface area contributed by atoms with E-state index in [2.05, 4.69) is 70.2 Å². The van der Waals surface area contributed by atoms with Gasteiger partial charge in [0.25, 0.3) is 0 Å². The van der Waals surface area contributed by atoms with Crippen molar-refractivity contribution in [1.29, 1.82) is 0 Å². The number of furan rings is 1. The van der Waals surface area contributed by atoms with Crippen molar-refractivity contribution in [2.45, 2.75) is 31.5 Å². The number of pyridine rings is 1. The minimum absolute atomic E-state index is 0.334. The Balaban J connectivity index is 1.42. The fraction of sp³-hybridized carbons (Fsp3) is 0.240. The van der Waals surface area contributed by atoms with Gasteiger partial charge in [-0.3, -0.25) is 4.98 Å². The van der Waals surface area contributed by atoms with Crippen LogP contribution in [0.15, 0.2) is 83.7 Å². The Morgan fingerprint density at radius 3 is 2.72 bits per heavy atom. The van der Waals surface area contributed by atoms with E-state index in [1.165, 1.54) is 28.7 Å². The molecular formula is C25H25N3O. The van der Waals surface area contributed by atoms with E-state index in [1.54, 1.807) is 6.26 Å². The molecule has 29 heavy (non-hydrogen) atoms. The van der Waals surface area contributed by atoms with Crippen molar-refractivity contribution in [2.24, 2.45) is 0 Å². The van der Waals surface area contributed by atoms with Gasteiger partial charge in [0.1, 0.15) is 5.58 Å². The molecule has 0 amide bonds. The highest BCUT2D eigenvalue weighted by molar-refractivity contribution is 5.86. The zero-order valence-electron chi connectivity index (χ0n) is 16.3. The molecule has 0 unspecified atom stereocenters. The topological polar surface area (TPSA) is 50.1 Å². The van der Waals surface area contributed by atoms with Crippen LogP contribution in [0, 0.1) is 0 Å². The van der Waals surface area contributed by atoms with Crippen molar-refractivity contribution in [1.82, 2.24) is 15.6 Å². The highest BCUT2D eigenvalue weighted by atomic mass is 16.3. The van der Waals surface area contributed by atoms with Gasteiger partial charge in [0.15, 0.2) is 0 Å². The van der Waals surface area contributed by atoms with Crippen LogP contribution in [0.25, 0.3) is 22.1 Å². The number of aromatic nitrogens is 1. The number of rotatable bonds is 5. The number of nitrogens with one attached hydrogen (secondary N) is 2. The molecule has 1 saturated heterocycles. The minimum Gasteiger partial charge on any atom is -0.464 e. The van der Waals surface area contributed by atoms with Crippen LogP contribution in [0.1, 0.15) is 30.0 Å². The van der Waals surface area contributed by atoms with Crippen molar-refractivity contribution in [3.05, 3.63) is 90.4 Å². The summed E-state index contributed by atoms with van der Waals surface area (Å²) in [6.07, 6.45) is 7.81. The van der Waals surface area contributed by atoms with Gasteiger partial charge in [-0.15, -0.1) is 0 Å². The molecule has 0 saturated carbocycles. The van der Waals surface area contributed by atoms with Crippen LogP contribution in [0.5, 0.6) is 0 Å². The van der Waals surface area contributed by atoms with Gasteiger partial charge in [-0.05, 0) is 66.4 Å². The maximum absolute atomic E-state index is 5.82. The van der Waals surface area contributed by atoms with Gasteiger partial charge >= 0.3 is 0 Å². The van der Waals surface area contributed by atoms with E-state index in [-0.39, 0.29) is 0 Å². The molecule has 4 nitrogen and oxygen atoms in total. The average Bonchev–Trinajstić information content (AvgIpc) is 3.28. The van der Waals surface area contributed by atoms with E-state index < -0.39 is 0 Å². The molecule has 0 bridgehead atoms. The quantitative estimate of drug-likeness (QED) is 0.505. The number of hydrogen-bond acceptors (Lipinski definition) is 4. The molecule has 0 spiro atoms. The third-order valence-electron chi connectivity index (χ3n) is 5.81. The zero-order valence-corrected chi connectivity index (χ0v) is 16.3. The SMILES string of the molecule is c1ccc([C@@H]2NCCC[C@@H]2NCc2cc(-c3ccncc3)cc3ccoc23)cc1. The molecule has 5 rings (SSSR count). The Labute approximate surface area is 171 Å². The fourth-order valence-corrected chi connectivity index (χ4v) is 4.36. The second-order valence-corrected chi connectivity index (χ2v) is 7.68. The summed E-state index contributed by atoms with van der Waals surface area (Å²) >= 11 is 0. The van der Waals surface area contributed by atoms with Crippen molar-refractivity contribution in [3.63, 3.8) is 0 Å². The summed E-state index contributed by atoms with van der Waals surface area (Å²) in [4.78, 5) is 4.14. The largest absolute Gasteiger partial charge is 0.464 e. The van der Waals surface area contributed by atoms with Gasteiger partial charge < -0.3 is 15.1 Å². The second-order valence-electron chi connectivity index (χ2n) is 7.68. The Bertz CT molecular complexity index is 1080. The second kappa shape index (κ2) is 8.19. The summed E-state index contributed by atoms with van der Waals surface area (Å²) in [6, 6.07) is 22.0. The van der Waals surface area contributed by atoms with Crippen LogP contribution < -0.4 is 10.6 Å². The summed E-state index contributed by atoms with van der Waals surface area (Å²) in [6.45, 7) is 1.84. The number of benzene rings is 2. The van der Waals surface area contributed by atoms with E-state index in [4.69, 9.17) is 4.42 Å². The van der Waals surface area contributed by atoms with Crippen molar-refractivity contribution < 1.29 is 4.42 Å². The van der Waals surface area contributed by atoms with Gasteiger partial charge in [0.05, 0.1) is 6.26 Å². The van der Waals surface area contributed by atoms with Crippen LogP contribution in [-0.2, 0) is 6.54 Å². The third-order valence-corrected chi connectivity index (χ3v) is 5.81. The Morgan fingerprint density at radius 1 is 1.00 bits per heavy atom. The monoisotopic (exact) mass is 383 g/mol. The van der Waals surface area contributed by atoms with Crippen LogP contribution in [0.3, 0.4) is 0 Å². The van der Waals surface area contributed by atoms with Gasteiger partial charge in [-0.25, -0.2) is 0 Å². The third kappa shape index (κ3) is 3.82. The number of piperidine rings is 1. The normalized spacial score (nSPS) is 19.4. The van der Waals surface area contributed by atoms with Gasteiger partial charge in [0, 0.05) is 42.0 Å². The molecule has 0 radical (unpaired) electrons. The molecule has 1 aliphatic rings. The first-order chi connectivity index (χ1) is 14.4. The molecule has 1 aliphatic heterocycles. The van der Waals surface area contributed by atoms with E-state index in [0.717, 1.165) is 30.5 Å². The highest BCUT2D eigenvalue weighted by Crippen LogP contribution is 2.29. The van der Waals surface area contributed by atoms with E-state index in [1.807, 2.05) is 18.5 Å². The lowest BCUT2D eigenvalue weighted by Crippen LogP contribution is -2.45. The van der Waals surface area contributed by atoms with Gasteiger partial charge in [-0.1, -0.05) is 30.3 Å². The molecule has 3 heterocycles. The Hall–Kier alpha value is -2.95. The molecule has 4 aromatic rings. The first-order valence-electron chi connectivity index (χ1n) is 10.3.